The van der Waals surface area contributed by atoms with Crippen molar-refractivity contribution < 1.29 is 9.32 Å². The second-order valence-corrected chi connectivity index (χ2v) is 9.21. The number of amides is 1. The van der Waals surface area contributed by atoms with E-state index in [1.165, 1.54) is 6.42 Å². The van der Waals surface area contributed by atoms with Gasteiger partial charge in [-0.15, -0.1) is 0 Å². The van der Waals surface area contributed by atoms with Crippen LogP contribution in [-0.4, -0.2) is 34.0 Å². The number of carbonyl (C=O) groups is 1. The van der Waals surface area contributed by atoms with E-state index < -0.39 is 0 Å². The lowest BCUT2D eigenvalue weighted by Gasteiger charge is -2.26. The molecule has 4 rings (SSSR count). The first-order chi connectivity index (χ1) is 14.3. The van der Waals surface area contributed by atoms with Crippen molar-refractivity contribution in [2.45, 2.75) is 45.4 Å². The molecule has 0 saturated carbocycles. The van der Waals surface area contributed by atoms with Crippen LogP contribution in [0.25, 0.3) is 22.6 Å². The van der Waals surface area contributed by atoms with Gasteiger partial charge in [-0.25, -0.2) is 0 Å². The van der Waals surface area contributed by atoms with Crippen LogP contribution in [0.5, 0.6) is 0 Å². The summed E-state index contributed by atoms with van der Waals surface area (Å²) < 4.78 is 5.58. The molecule has 1 amide bonds. The second kappa shape index (κ2) is 8.23. The molecular weight excluding hydrogens is 398 g/mol. The van der Waals surface area contributed by atoms with Gasteiger partial charge in [0.05, 0.1) is 5.02 Å². The van der Waals surface area contributed by atoms with Gasteiger partial charge in [0.1, 0.15) is 5.69 Å². The fourth-order valence-corrected chi connectivity index (χ4v) is 3.94. The Labute approximate surface area is 182 Å². The molecule has 3 aromatic rings. The first kappa shape index (κ1) is 20.6. The lowest BCUT2D eigenvalue weighted by atomic mass is 9.90. The molecule has 0 aliphatic carbocycles. The Balaban J connectivity index is 1.58. The molecule has 0 atom stereocenters. The van der Waals surface area contributed by atoms with E-state index in [9.17, 15) is 4.79 Å². The molecule has 1 aromatic carbocycles. The van der Waals surface area contributed by atoms with Crippen molar-refractivity contribution in [3.8, 4) is 22.6 Å². The number of halogens is 1. The van der Waals surface area contributed by atoms with Crippen LogP contribution < -0.4 is 0 Å². The molecule has 0 N–H and O–H groups in total. The van der Waals surface area contributed by atoms with Crippen LogP contribution in [0.15, 0.2) is 47.1 Å². The predicted octanol–water partition coefficient (Wildman–Crippen LogP) is 5.98. The number of likely N-dealkylation sites (tertiary alicyclic amines) is 1. The van der Waals surface area contributed by atoms with Crippen LogP contribution in [0.3, 0.4) is 0 Å². The molecule has 3 heterocycles. The molecule has 0 radical (unpaired) electrons. The Morgan fingerprint density at radius 2 is 1.83 bits per heavy atom. The van der Waals surface area contributed by atoms with Gasteiger partial charge in [0.15, 0.2) is 5.76 Å². The topological polar surface area (TPSA) is 59.2 Å². The van der Waals surface area contributed by atoms with Crippen molar-refractivity contribution in [1.29, 1.82) is 0 Å². The molecule has 2 aromatic heterocycles. The van der Waals surface area contributed by atoms with Gasteiger partial charge in [0.25, 0.3) is 5.91 Å². The monoisotopic (exact) mass is 423 g/mol. The van der Waals surface area contributed by atoms with E-state index in [-0.39, 0.29) is 11.3 Å². The maximum absolute atomic E-state index is 12.7. The molecule has 1 fully saturated rings. The summed E-state index contributed by atoms with van der Waals surface area (Å²) in [5, 5.41) is 4.70. The first-order valence-electron chi connectivity index (χ1n) is 10.4. The van der Waals surface area contributed by atoms with Gasteiger partial charge in [0.2, 0.25) is 0 Å². The molecular formula is C24H26ClN3O2. The van der Waals surface area contributed by atoms with Crippen molar-refractivity contribution in [3.05, 3.63) is 58.9 Å². The molecule has 6 heteroatoms. The predicted molar refractivity (Wildman–Crippen MR) is 119 cm³/mol. The third-order valence-corrected chi connectivity index (χ3v) is 5.77. The Bertz CT molecular complexity index is 1060. The van der Waals surface area contributed by atoms with E-state index in [1.807, 2.05) is 35.2 Å². The molecule has 156 valence electrons. The van der Waals surface area contributed by atoms with Crippen molar-refractivity contribution in [1.82, 2.24) is 15.0 Å². The smallest absolute Gasteiger partial charge is 0.253 e. The highest BCUT2D eigenvalue weighted by atomic mass is 35.5. The Hall–Kier alpha value is -2.66. The summed E-state index contributed by atoms with van der Waals surface area (Å²) >= 11 is 6.52. The van der Waals surface area contributed by atoms with Gasteiger partial charge in [-0.2, -0.15) is 0 Å². The third kappa shape index (κ3) is 4.26. The number of nitrogens with zero attached hydrogens (tertiary/aromatic N) is 3. The van der Waals surface area contributed by atoms with Gasteiger partial charge in [0, 0.05) is 53.2 Å². The highest BCUT2D eigenvalue weighted by molar-refractivity contribution is 6.33. The van der Waals surface area contributed by atoms with E-state index in [4.69, 9.17) is 16.1 Å². The molecule has 0 spiro atoms. The van der Waals surface area contributed by atoms with Crippen LogP contribution in [0, 0.1) is 0 Å². The fourth-order valence-electron chi connectivity index (χ4n) is 3.67. The van der Waals surface area contributed by atoms with E-state index in [2.05, 4.69) is 30.9 Å². The summed E-state index contributed by atoms with van der Waals surface area (Å²) in [6, 6.07) is 11.2. The zero-order chi connectivity index (χ0) is 21.3. The number of piperidine rings is 1. The summed E-state index contributed by atoms with van der Waals surface area (Å²) in [5.74, 6) is 0.606. The number of aromatic nitrogens is 2. The average molecular weight is 424 g/mol. The van der Waals surface area contributed by atoms with Gasteiger partial charge in [-0.05, 0) is 49.6 Å². The number of rotatable bonds is 3. The van der Waals surface area contributed by atoms with Crippen LogP contribution in [0.4, 0.5) is 0 Å². The zero-order valence-corrected chi connectivity index (χ0v) is 18.4. The molecule has 0 bridgehead atoms. The number of hydrogen-bond acceptors (Lipinski definition) is 4. The fraction of sp³-hybridized carbons (Fsp3) is 0.375. The average Bonchev–Trinajstić information content (AvgIpc) is 3.23. The van der Waals surface area contributed by atoms with Crippen molar-refractivity contribution in [3.63, 3.8) is 0 Å². The van der Waals surface area contributed by atoms with Crippen molar-refractivity contribution >= 4 is 17.5 Å². The minimum atomic E-state index is -0.0530. The largest absolute Gasteiger partial charge is 0.356 e. The highest BCUT2D eigenvalue weighted by Crippen LogP contribution is 2.33. The van der Waals surface area contributed by atoms with Gasteiger partial charge < -0.3 is 9.42 Å². The molecule has 30 heavy (non-hydrogen) atoms. The van der Waals surface area contributed by atoms with E-state index in [0.717, 1.165) is 48.4 Å². The minimum absolute atomic E-state index is 0.0351. The molecule has 1 aliphatic rings. The number of benzene rings is 1. The summed E-state index contributed by atoms with van der Waals surface area (Å²) in [6.45, 7) is 8.00. The van der Waals surface area contributed by atoms with Gasteiger partial charge in [-0.1, -0.05) is 37.5 Å². The quantitative estimate of drug-likeness (QED) is 0.519. The lowest BCUT2D eigenvalue weighted by Crippen LogP contribution is -2.35. The zero-order valence-electron chi connectivity index (χ0n) is 17.6. The maximum Gasteiger partial charge on any atom is 0.253 e. The van der Waals surface area contributed by atoms with Gasteiger partial charge in [-0.3, -0.25) is 9.78 Å². The minimum Gasteiger partial charge on any atom is -0.356 e. The summed E-state index contributed by atoms with van der Waals surface area (Å²) in [5.41, 5.74) is 3.93. The summed E-state index contributed by atoms with van der Waals surface area (Å²) in [7, 11) is 0. The van der Waals surface area contributed by atoms with E-state index in [1.54, 1.807) is 12.3 Å². The second-order valence-electron chi connectivity index (χ2n) is 8.80. The van der Waals surface area contributed by atoms with Crippen LogP contribution in [0.1, 0.15) is 56.1 Å². The van der Waals surface area contributed by atoms with Crippen molar-refractivity contribution in [2.24, 2.45) is 0 Å². The third-order valence-electron chi connectivity index (χ3n) is 5.46. The Morgan fingerprint density at radius 1 is 1.07 bits per heavy atom. The first-order valence-corrected chi connectivity index (χ1v) is 10.7. The van der Waals surface area contributed by atoms with Crippen LogP contribution >= 0.6 is 11.6 Å². The lowest BCUT2D eigenvalue weighted by molar-refractivity contribution is 0.0724. The van der Waals surface area contributed by atoms with Crippen molar-refractivity contribution in [2.75, 3.05) is 13.1 Å². The number of pyridine rings is 1. The number of hydrogen-bond donors (Lipinski definition) is 0. The molecule has 1 saturated heterocycles. The normalized spacial score (nSPS) is 14.7. The van der Waals surface area contributed by atoms with Gasteiger partial charge >= 0.3 is 0 Å². The Kier molecular flexibility index (Phi) is 5.65. The Morgan fingerprint density at radius 3 is 2.53 bits per heavy atom. The maximum atomic E-state index is 12.7. The number of carbonyl (C=O) groups excluding carboxylic acids is 1. The van der Waals surface area contributed by atoms with Crippen LogP contribution in [0.2, 0.25) is 5.02 Å². The standard InChI is InChI=1S/C24H26ClN3O2/c1-24(2,3)22-14-16(9-10-26-22)20-15-21(30-27-20)18-8-7-17(13-19(18)25)23(29)28-11-5-4-6-12-28/h7-10,13-15H,4-6,11-12H2,1-3H3. The summed E-state index contributed by atoms with van der Waals surface area (Å²) in [4.78, 5) is 19.1. The van der Waals surface area contributed by atoms with E-state index >= 15 is 0 Å². The molecule has 0 unspecified atom stereocenters. The van der Waals surface area contributed by atoms with Crippen LogP contribution in [-0.2, 0) is 5.41 Å². The molecule has 1 aliphatic heterocycles. The molecule has 5 nitrogen and oxygen atoms in total. The summed E-state index contributed by atoms with van der Waals surface area (Å²) in [6.07, 6.45) is 5.10. The highest BCUT2D eigenvalue weighted by Gasteiger charge is 2.21. The SMILES string of the molecule is CC(C)(C)c1cc(-c2cc(-c3ccc(C(=O)N4CCCCC4)cc3Cl)on2)ccn1. The van der Waals surface area contributed by atoms with E-state index in [0.29, 0.717) is 16.3 Å².